The zero-order valence-corrected chi connectivity index (χ0v) is 19.0. The van der Waals surface area contributed by atoms with E-state index in [0.29, 0.717) is 17.9 Å². The molecule has 0 saturated heterocycles. The molecule has 0 aliphatic carbocycles. The van der Waals surface area contributed by atoms with Crippen LogP contribution < -0.4 is 5.32 Å². The second-order valence-electron chi connectivity index (χ2n) is 7.82. The zero-order valence-electron chi connectivity index (χ0n) is 19.0. The topological polar surface area (TPSA) is 88.6 Å². The van der Waals surface area contributed by atoms with Crippen LogP contribution in [0.3, 0.4) is 0 Å². The number of nitrogens with zero attached hydrogens (tertiary/aromatic N) is 2. The lowest BCUT2D eigenvalue weighted by molar-refractivity contribution is -0.132. The Kier molecular flexibility index (Phi) is 7.35. The Hall–Kier alpha value is -4.27. The van der Waals surface area contributed by atoms with Crippen molar-refractivity contribution >= 4 is 11.8 Å². The summed E-state index contributed by atoms with van der Waals surface area (Å²) in [5.74, 6) is -1.11. The molecule has 0 aliphatic heterocycles. The summed E-state index contributed by atoms with van der Waals surface area (Å²) in [7, 11) is 1.56. The number of aromatic nitrogens is 1. The number of nitrogens with one attached hydrogen (secondary N) is 1. The van der Waals surface area contributed by atoms with Crippen molar-refractivity contribution in [2.24, 2.45) is 0 Å². The molecule has 4 aromatic rings. The highest BCUT2D eigenvalue weighted by Gasteiger charge is 2.19. The van der Waals surface area contributed by atoms with Gasteiger partial charge in [0.05, 0.1) is 24.6 Å². The van der Waals surface area contributed by atoms with Crippen LogP contribution in [0.25, 0.3) is 11.3 Å². The molecule has 0 aliphatic rings. The number of halogens is 2. The molecule has 9 heteroatoms. The fraction of sp³-hybridized carbons (Fsp3) is 0.192. The maximum atomic E-state index is 14.0. The molecular weight excluding hydrogens is 456 g/mol. The lowest BCUT2D eigenvalue weighted by Crippen LogP contribution is -2.30. The molecule has 0 radical (unpaired) electrons. The number of aryl methyl sites for hydroxylation is 1. The average Bonchev–Trinajstić information content (AvgIpc) is 3.54. The van der Waals surface area contributed by atoms with Gasteiger partial charge in [-0.2, -0.15) is 0 Å². The number of benzene rings is 2. The predicted molar refractivity (Wildman–Crippen MR) is 123 cm³/mol. The molecular formula is C26H23F2N3O4. The van der Waals surface area contributed by atoms with E-state index in [4.69, 9.17) is 8.83 Å². The van der Waals surface area contributed by atoms with E-state index in [9.17, 15) is 18.4 Å². The van der Waals surface area contributed by atoms with Crippen molar-refractivity contribution in [1.29, 1.82) is 0 Å². The van der Waals surface area contributed by atoms with Crippen molar-refractivity contribution in [2.45, 2.75) is 25.9 Å². The number of oxazole rings is 1. The predicted octanol–water partition coefficient (Wildman–Crippen LogP) is 4.73. The Morgan fingerprint density at radius 1 is 1.00 bits per heavy atom. The molecule has 0 fully saturated rings. The molecule has 2 aromatic heterocycles. The van der Waals surface area contributed by atoms with Crippen LogP contribution in [0.2, 0.25) is 0 Å². The largest absolute Gasteiger partial charge is 0.467 e. The normalized spacial score (nSPS) is 10.8. The van der Waals surface area contributed by atoms with Gasteiger partial charge >= 0.3 is 0 Å². The van der Waals surface area contributed by atoms with Crippen molar-refractivity contribution in [2.75, 3.05) is 7.05 Å². The summed E-state index contributed by atoms with van der Waals surface area (Å²) >= 11 is 0. The second kappa shape index (κ2) is 10.8. The van der Waals surface area contributed by atoms with Crippen LogP contribution in [0.1, 0.15) is 34.0 Å². The number of carbonyl (C=O) groups excluding carboxylic acids is 2. The lowest BCUT2D eigenvalue weighted by Gasteiger charge is -2.22. The van der Waals surface area contributed by atoms with Crippen LogP contribution in [0.5, 0.6) is 0 Å². The quantitative estimate of drug-likeness (QED) is 0.375. The maximum absolute atomic E-state index is 14.0. The van der Waals surface area contributed by atoms with E-state index in [2.05, 4.69) is 10.3 Å². The van der Waals surface area contributed by atoms with Gasteiger partial charge in [-0.25, -0.2) is 13.8 Å². The summed E-state index contributed by atoms with van der Waals surface area (Å²) in [5.41, 5.74) is 1.06. The number of hydrogen-bond donors (Lipinski definition) is 1. The van der Waals surface area contributed by atoms with Gasteiger partial charge in [0.1, 0.15) is 17.4 Å². The Morgan fingerprint density at radius 3 is 2.40 bits per heavy atom. The van der Waals surface area contributed by atoms with E-state index in [-0.39, 0.29) is 48.4 Å². The number of hydrogen-bond acceptors (Lipinski definition) is 5. The molecule has 2 aromatic carbocycles. The van der Waals surface area contributed by atoms with Gasteiger partial charge in [0.25, 0.3) is 5.91 Å². The van der Waals surface area contributed by atoms with Crippen molar-refractivity contribution in [3.05, 3.63) is 101 Å². The molecule has 2 amide bonds. The van der Waals surface area contributed by atoms with Gasteiger partial charge in [0.2, 0.25) is 5.91 Å². The molecule has 1 N–H and O–H groups in total. The van der Waals surface area contributed by atoms with Gasteiger partial charge in [-0.1, -0.05) is 18.2 Å². The first-order valence-electron chi connectivity index (χ1n) is 10.9. The van der Waals surface area contributed by atoms with E-state index < -0.39 is 11.6 Å². The van der Waals surface area contributed by atoms with Crippen LogP contribution in [-0.2, 0) is 24.3 Å². The van der Waals surface area contributed by atoms with Crippen LogP contribution in [0.15, 0.2) is 75.9 Å². The summed E-state index contributed by atoms with van der Waals surface area (Å²) < 4.78 is 39.0. The van der Waals surface area contributed by atoms with E-state index in [1.54, 1.807) is 48.3 Å². The van der Waals surface area contributed by atoms with Gasteiger partial charge in [0, 0.05) is 32.0 Å². The number of amides is 2. The van der Waals surface area contributed by atoms with Gasteiger partial charge in [0.15, 0.2) is 11.7 Å². The van der Waals surface area contributed by atoms with Crippen LogP contribution >= 0.6 is 0 Å². The monoisotopic (exact) mass is 479 g/mol. The van der Waals surface area contributed by atoms with Gasteiger partial charge in [-0.15, -0.1) is 0 Å². The van der Waals surface area contributed by atoms with Crippen LogP contribution in [-0.4, -0.2) is 28.7 Å². The Bertz CT molecular complexity index is 1280. The third kappa shape index (κ3) is 5.81. The van der Waals surface area contributed by atoms with Crippen molar-refractivity contribution in [1.82, 2.24) is 15.2 Å². The van der Waals surface area contributed by atoms with E-state index in [1.807, 2.05) is 0 Å². The summed E-state index contributed by atoms with van der Waals surface area (Å²) in [6, 6.07) is 14.0. The first-order chi connectivity index (χ1) is 16.9. The molecule has 0 unspecified atom stereocenters. The number of carbonyl (C=O) groups is 2. The molecule has 0 saturated carbocycles. The summed E-state index contributed by atoms with van der Waals surface area (Å²) in [6.07, 6.45) is 3.00. The van der Waals surface area contributed by atoms with Gasteiger partial charge < -0.3 is 19.1 Å². The molecule has 0 bridgehead atoms. The van der Waals surface area contributed by atoms with Crippen molar-refractivity contribution < 1.29 is 27.2 Å². The van der Waals surface area contributed by atoms with Gasteiger partial charge in [-0.3, -0.25) is 9.59 Å². The van der Waals surface area contributed by atoms with Crippen LogP contribution in [0.4, 0.5) is 8.78 Å². The zero-order chi connectivity index (χ0) is 24.8. The van der Waals surface area contributed by atoms with E-state index >= 15 is 0 Å². The molecule has 180 valence electrons. The lowest BCUT2D eigenvalue weighted by atomic mass is 10.1. The Labute approximate surface area is 200 Å². The van der Waals surface area contributed by atoms with Crippen LogP contribution in [0, 0.1) is 11.6 Å². The number of rotatable bonds is 9. The highest BCUT2D eigenvalue weighted by molar-refractivity contribution is 5.93. The minimum absolute atomic E-state index is 0.0355. The van der Waals surface area contributed by atoms with E-state index in [1.165, 1.54) is 18.5 Å². The minimum atomic E-state index is -0.754. The SMILES string of the molecule is CNC(=O)c1ccc(CN(Cc2ccco2)C(=O)CCc2ncc(-c3c(F)cccc3F)o2)cc1. The Balaban J connectivity index is 1.45. The molecule has 0 spiro atoms. The molecule has 4 rings (SSSR count). The average molecular weight is 479 g/mol. The number of furan rings is 1. The molecule has 2 heterocycles. The molecule has 7 nitrogen and oxygen atoms in total. The second-order valence-corrected chi connectivity index (χ2v) is 7.82. The standard InChI is InChI=1S/C26H23F2N3O4/c1-29-26(33)18-9-7-17(8-10-18)15-31(16-19-4-3-13-34-19)24(32)12-11-23-30-14-22(35-23)25-20(27)5-2-6-21(25)28/h2-10,13-14H,11-12,15-16H2,1H3,(H,29,33). The van der Waals surface area contributed by atoms with Crippen molar-refractivity contribution in [3.8, 4) is 11.3 Å². The summed E-state index contributed by atoms with van der Waals surface area (Å²) in [5, 5.41) is 2.57. The smallest absolute Gasteiger partial charge is 0.251 e. The first kappa shape index (κ1) is 23.9. The third-order valence-electron chi connectivity index (χ3n) is 5.41. The Morgan fingerprint density at radius 2 is 1.74 bits per heavy atom. The highest BCUT2D eigenvalue weighted by Crippen LogP contribution is 2.27. The van der Waals surface area contributed by atoms with Crippen molar-refractivity contribution in [3.63, 3.8) is 0 Å². The molecule has 0 atom stereocenters. The summed E-state index contributed by atoms with van der Waals surface area (Å²) in [4.78, 5) is 30.5. The first-order valence-corrected chi connectivity index (χ1v) is 10.9. The fourth-order valence-corrected chi connectivity index (χ4v) is 3.60. The highest BCUT2D eigenvalue weighted by atomic mass is 19.1. The summed E-state index contributed by atoms with van der Waals surface area (Å²) in [6.45, 7) is 0.547. The maximum Gasteiger partial charge on any atom is 0.251 e. The minimum Gasteiger partial charge on any atom is -0.467 e. The van der Waals surface area contributed by atoms with Gasteiger partial charge in [-0.05, 0) is 42.0 Å². The fourth-order valence-electron chi connectivity index (χ4n) is 3.60. The molecule has 35 heavy (non-hydrogen) atoms. The third-order valence-corrected chi connectivity index (χ3v) is 5.41. The van der Waals surface area contributed by atoms with E-state index in [0.717, 1.165) is 17.7 Å².